The monoisotopic (exact) mass is 338 g/mol. The van der Waals surface area contributed by atoms with E-state index in [0.717, 1.165) is 16.9 Å². The van der Waals surface area contributed by atoms with Crippen molar-refractivity contribution in [3.8, 4) is 5.75 Å². The summed E-state index contributed by atoms with van der Waals surface area (Å²) >= 11 is 0. The molecular weight excluding hydrogens is 308 g/mol. The largest absolute Gasteiger partial charge is 0.508 e. The van der Waals surface area contributed by atoms with E-state index < -0.39 is 0 Å². The Morgan fingerprint density at radius 2 is 1.67 bits per heavy atom. The van der Waals surface area contributed by atoms with Crippen LogP contribution in [0.15, 0.2) is 29.8 Å². The minimum absolute atomic E-state index is 0.131. The van der Waals surface area contributed by atoms with Crippen LogP contribution >= 0.6 is 0 Å². The average molecular weight is 338 g/mol. The number of hydrogen-bond donors (Lipinski definition) is 1. The molecule has 5 nitrogen and oxygen atoms in total. The van der Waals surface area contributed by atoms with E-state index in [-0.39, 0.29) is 11.2 Å². The molecule has 1 rings (SSSR count). The summed E-state index contributed by atoms with van der Waals surface area (Å²) in [6, 6.07) is 7.05. The fourth-order valence-corrected chi connectivity index (χ4v) is 2.22. The molecule has 1 N–H and O–H groups in total. The third kappa shape index (κ3) is 6.91. The third-order valence-corrected chi connectivity index (χ3v) is 3.54. The maximum atomic E-state index is 9.72. The van der Waals surface area contributed by atoms with Crippen molar-refractivity contribution in [3.05, 3.63) is 35.4 Å². The van der Waals surface area contributed by atoms with Crippen LogP contribution in [0.3, 0.4) is 0 Å². The molecule has 0 saturated carbocycles. The molecule has 0 fully saturated rings. The summed E-state index contributed by atoms with van der Waals surface area (Å²) in [5.41, 5.74) is 1.74. The van der Waals surface area contributed by atoms with Crippen LogP contribution < -0.4 is 0 Å². The molecule has 136 valence electrons. The normalized spacial score (nSPS) is 12.9. The number of phenols is 1. The van der Waals surface area contributed by atoms with E-state index in [2.05, 4.69) is 20.8 Å². The minimum Gasteiger partial charge on any atom is -0.508 e. The molecule has 0 aromatic heterocycles. The van der Waals surface area contributed by atoms with Gasteiger partial charge in [0.25, 0.3) is 0 Å². The predicted molar refractivity (Wildman–Crippen MR) is 95.0 cm³/mol. The highest BCUT2D eigenvalue weighted by Gasteiger charge is 2.23. The van der Waals surface area contributed by atoms with Crippen LogP contribution in [0, 0.1) is 5.41 Å². The highest BCUT2D eigenvalue weighted by molar-refractivity contribution is 5.65. The van der Waals surface area contributed by atoms with E-state index in [4.69, 9.17) is 18.9 Å². The summed E-state index contributed by atoms with van der Waals surface area (Å²) < 4.78 is 21.7. The molecule has 0 aliphatic heterocycles. The van der Waals surface area contributed by atoms with Crippen LogP contribution in [-0.4, -0.2) is 52.4 Å². The van der Waals surface area contributed by atoms with Crippen molar-refractivity contribution < 1.29 is 24.1 Å². The van der Waals surface area contributed by atoms with Crippen LogP contribution in [0.1, 0.15) is 26.3 Å². The Labute approximate surface area is 145 Å². The molecule has 0 aliphatic rings. The second-order valence-electron chi connectivity index (χ2n) is 6.47. The summed E-state index contributed by atoms with van der Waals surface area (Å²) in [7, 11) is 3.28. The van der Waals surface area contributed by atoms with Gasteiger partial charge in [-0.2, -0.15) is 0 Å². The first-order valence-corrected chi connectivity index (χ1v) is 8.11. The maximum absolute atomic E-state index is 9.72. The van der Waals surface area contributed by atoms with Crippen molar-refractivity contribution in [2.24, 2.45) is 5.41 Å². The number of hydrogen-bond acceptors (Lipinski definition) is 5. The van der Waals surface area contributed by atoms with Gasteiger partial charge in [-0.05, 0) is 17.5 Å². The Hall–Kier alpha value is -1.56. The van der Waals surface area contributed by atoms with Crippen LogP contribution in [-0.2, 0) is 18.9 Å². The van der Waals surface area contributed by atoms with Crippen molar-refractivity contribution in [2.75, 3.05) is 47.3 Å². The van der Waals surface area contributed by atoms with Crippen LogP contribution in [0.25, 0.3) is 5.76 Å². The lowest BCUT2D eigenvalue weighted by Crippen LogP contribution is -2.19. The van der Waals surface area contributed by atoms with Gasteiger partial charge in [-0.3, -0.25) is 0 Å². The van der Waals surface area contributed by atoms with Gasteiger partial charge in [0.05, 0.1) is 40.1 Å². The average Bonchev–Trinajstić information content (AvgIpc) is 2.52. The second-order valence-corrected chi connectivity index (χ2v) is 6.47. The van der Waals surface area contributed by atoms with E-state index in [9.17, 15) is 5.11 Å². The van der Waals surface area contributed by atoms with Crippen molar-refractivity contribution in [3.63, 3.8) is 0 Å². The lowest BCUT2D eigenvalue weighted by Gasteiger charge is -2.26. The van der Waals surface area contributed by atoms with Crippen LogP contribution in [0.5, 0.6) is 5.75 Å². The van der Waals surface area contributed by atoms with Gasteiger partial charge in [0.1, 0.15) is 11.5 Å². The molecule has 5 heteroatoms. The fraction of sp³-hybridized carbons (Fsp3) is 0.579. The molecule has 0 heterocycles. The number of ether oxygens (including phenoxy) is 4. The van der Waals surface area contributed by atoms with Crippen molar-refractivity contribution in [1.82, 2.24) is 0 Å². The molecule has 1 aromatic carbocycles. The van der Waals surface area contributed by atoms with E-state index >= 15 is 0 Å². The van der Waals surface area contributed by atoms with Gasteiger partial charge in [0.2, 0.25) is 0 Å². The van der Waals surface area contributed by atoms with Gasteiger partial charge in [-0.25, -0.2) is 0 Å². The van der Waals surface area contributed by atoms with E-state index in [1.165, 1.54) is 0 Å². The molecule has 0 saturated heterocycles. The molecule has 0 bridgehead atoms. The number of aromatic hydroxyl groups is 1. The highest BCUT2D eigenvalue weighted by Crippen LogP contribution is 2.34. The summed E-state index contributed by atoms with van der Waals surface area (Å²) in [5.74, 6) is 0.946. The van der Waals surface area contributed by atoms with Crippen molar-refractivity contribution in [2.45, 2.75) is 20.8 Å². The molecule has 24 heavy (non-hydrogen) atoms. The minimum atomic E-state index is -0.131. The smallest absolute Gasteiger partial charge is 0.128 e. The summed E-state index contributed by atoms with van der Waals surface area (Å²) in [4.78, 5) is 0. The number of phenolic OH excluding ortho intramolecular Hbond substituents is 1. The molecule has 0 unspecified atom stereocenters. The van der Waals surface area contributed by atoms with E-state index in [1.54, 1.807) is 32.4 Å². The zero-order chi connectivity index (χ0) is 18.0. The zero-order valence-electron chi connectivity index (χ0n) is 15.4. The topological polar surface area (TPSA) is 57.2 Å². The lowest BCUT2D eigenvalue weighted by atomic mass is 9.84. The van der Waals surface area contributed by atoms with Gasteiger partial charge >= 0.3 is 0 Å². The summed E-state index contributed by atoms with van der Waals surface area (Å²) in [5, 5.41) is 9.72. The van der Waals surface area contributed by atoms with Crippen LogP contribution in [0.4, 0.5) is 0 Å². The SMILES string of the molecule is COCCOCCOC/C(=C(/OC)c1cccc(O)c1)C(C)(C)C. The zero-order valence-corrected chi connectivity index (χ0v) is 15.4. The molecule has 0 atom stereocenters. The summed E-state index contributed by atoms with van der Waals surface area (Å²) in [6.45, 7) is 8.95. The Bertz CT molecular complexity index is 517. The maximum Gasteiger partial charge on any atom is 0.128 e. The molecular formula is C19H30O5. The lowest BCUT2D eigenvalue weighted by molar-refractivity contribution is 0.0278. The van der Waals surface area contributed by atoms with Gasteiger partial charge in [-0.15, -0.1) is 0 Å². The standard InChI is InChI=1S/C19H30O5/c1-19(2,3)17(14-24-12-11-23-10-9-21-4)18(22-5)15-7-6-8-16(20)13-15/h6-8,13,20H,9-12,14H2,1-5H3/b18-17-. The van der Waals surface area contributed by atoms with Gasteiger partial charge in [0.15, 0.2) is 0 Å². The Morgan fingerprint density at radius 1 is 1.00 bits per heavy atom. The van der Waals surface area contributed by atoms with Gasteiger partial charge in [-0.1, -0.05) is 32.9 Å². The number of rotatable bonds is 10. The quantitative estimate of drug-likeness (QED) is 0.523. The van der Waals surface area contributed by atoms with Gasteiger partial charge in [0, 0.05) is 18.2 Å². The Kier molecular flexibility index (Phi) is 8.82. The van der Waals surface area contributed by atoms with E-state index in [1.807, 2.05) is 6.07 Å². The molecule has 1 aromatic rings. The highest BCUT2D eigenvalue weighted by atomic mass is 16.5. The first-order chi connectivity index (χ1) is 11.4. The molecule has 0 aliphatic carbocycles. The molecule has 0 spiro atoms. The van der Waals surface area contributed by atoms with Crippen molar-refractivity contribution in [1.29, 1.82) is 0 Å². The Balaban J connectivity index is 2.79. The third-order valence-electron chi connectivity index (χ3n) is 3.54. The first kappa shape index (κ1) is 20.5. The molecule has 0 radical (unpaired) electrons. The Morgan fingerprint density at radius 3 is 2.25 bits per heavy atom. The van der Waals surface area contributed by atoms with Crippen LogP contribution in [0.2, 0.25) is 0 Å². The predicted octanol–water partition coefficient (Wildman–Crippen LogP) is 3.48. The second kappa shape index (κ2) is 10.3. The number of methoxy groups -OCH3 is 2. The van der Waals surface area contributed by atoms with Crippen molar-refractivity contribution >= 4 is 5.76 Å². The van der Waals surface area contributed by atoms with E-state index in [0.29, 0.717) is 33.0 Å². The number of benzene rings is 1. The fourth-order valence-electron chi connectivity index (χ4n) is 2.22. The first-order valence-electron chi connectivity index (χ1n) is 8.11. The summed E-state index contributed by atoms with van der Waals surface area (Å²) in [6.07, 6.45) is 0. The van der Waals surface area contributed by atoms with Gasteiger partial charge < -0.3 is 24.1 Å². The molecule has 0 amide bonds.